The Kier molecular flexibility index (Phi) is 4.90. The van der Waals surface area contributed by atoms with Gasteiger partial charge in [-0.15, -0.1) is 0 Å². The lowest BCUT2D eigenvalue weighted by molar-refractivity contribution is 0.175. The smallest absolute Gasteiger partial charge is 0.405 e. The zero-order valence-corrected chi connectivity index (χ0v) is 15.7. The van der Waals surface area contributed by atoms with Gasteiger partial charge in [-0.05, 0) is 40.5 Å². The Labute approximate surface area is 154 Å². The number of carboxylic acid groups (broad SMARTS) is 1. The first kappa shape index (κ1) is 18.2. The lowest BCUT2D eigenvalue weighted by Gasteiger charge is -2.27. The van der Waals surface area contributed by atoms with Gasteiger partial charge in [-0.3, -0.25) is 0 Å². The molecule has 0 bridgehead atoms. The highest BCUT2D eigenvalue weighted by Crippen LogP contribution is 2.46. The summed E-state index contributed by atoms with van der Waals surface area (Å²) in [7, 11) is 0. The van der Waals surface area contributed by atoms with Gasteiger partial charge in [-0.2, -0.15) is 0 Å². The van der Waals surface area contributed by atoms with Crippen LogP contribution >= 0.6 is 0 Å². The second-order valence-corrected chi connectivity index (χ2v) is 8.05. The number of nitrogens with zero attached hydrogens (tertiary/aromatic N) is 1. The second kappa shape index (κ2) is 6.98. The molecule has 0 fully saturated rings. The number of hydrogen-bond donors (Lipinski definition) is 2. The van der Waals surface area contributed by atoms with E-state index in [9.17, 15) is 4.79 Å². The second-order valence-electron chi connectivity index (χ2n) is 8.05. The molecule has 2 aromatic rings. The Morgan fingerprint density at radius 3 is 2.65 bits per heavy atom. The van der Waals surface area contributed by atoms with Crippen molar-refractivity contribution in [2.75, 3.05) is 6.61 Å². The molecular formula is C21H26N2O3. The van der Waals surface area contributed by atoms with E-state index in [1.807, 2.05) is 30.5 Å². The highest BCUT2D eigenvalue weighted by molar-refractivity contribution is 5.68. The van der Waals surface area contributed by atoms with Crippen molar-refractivity contribution in [2.24, 2.45) is 11.3 Å². The van der Waals surface area contributed by atoms with E-state index in [0.29, 0.717) is 18.4 Å². The molecule has 26 heavy (non-hydrogen) atoms. The summed E-state index contributed by atoms with van der Waals surface area (Å²) in [5.41, 5.74) is 4.21. The van der Waals surface area contributed by atoms with Crippen LogP contribution in [0.4, 0.5) is 4.79 Å². The number of pyridine rings is 1. The number of amides is 1. The van der Waals surface area contributed by atoms with Crippen LogP contribution in [0.3, 0.4) is 0 Å². The average molecular weight is 354 g/mol. The minimum absolute atomic E-state index is 0.147. The van der Waals surface area contributed by atoms with Gasteiger partial charge in [-0.25, -0.2) is 9.78 Å². The van der Waals surface area contributed by atoms with Crippen LogP contribution in [-0.4, -0.2) is 22.8 Å². The zero-order valence-electron chi connectivity index (χ0n) is 15.7. The summed E-state index contributed by atoms with van der Waals surface area (Å²) in [4.78, 5) is 15.5. The topological polar surface area (TPSA) is 71.5 Å². The van der Waals surface area contributed by atoms with E-state index in [-0.39, 0.29) is 11.5 Å². The van der Waals surface area contributed by atoms with E-state index in [1.54, 1.807) is 0 Å². The summed E-state index contributed by atoms with van der Waals surface area (Å²) in [5.74, 6) is 1.10. The van der Waals surface area contributed by atoms with E-state index >= 15 is 0 Å². The average Bonchev–Trinajstić information content (AvgIpc) is 2.82. The van der Waals surface area contributed by atoms with Crippen molar-refractivity contribution in [1.82, 2.24) is 10.3 Å². The van der Waals surface area contributed by atoms with Crippen molar-refractivity contribution in [2.45, 2.75) is 40.2 Å². The van der Waals surface area contributed by atoms with Gasteiger partial charge < -0.3 is 15.2 Å². The van der Waals surface area contributed by atoms with Crippen LogP contribution in [0.25, 0.3) is 11.1 Å². The van der Waals surface area contributed by atoms with E-state index < -0.39 is 6.09 Å². The van der Waals surface area contributed by atoms with Crippen molar-refractivity contribution in [3.8, 4) is 17.0 Å². The van der Waals surface area contributed by atoms with Crippen molar-refractivity contribution in [3.63, 3.8) is 0 Å². The van der Waals surface area contributed by atoms with E-state index in [1.165, 1.54) is 5.56 Å². The maximum Gasteiger partial charge on any atom is 0.405 e. The van der Waals surface area contributed by atoms with Gasteiger partial charge in [0.1, 0.15) is 0 Å². The van der Waals surface area contributed by atoms with Crippen LogP contribution in [0, 0.1) is 11.3 Å². The fourth-order valence-electron chi connectivity index (χ4n) is 3.52. The van der Waals surface area contributed by atoms with Gasteiger partial charge in [0.05, 0.1) is 12.6 Å². The van der Waals surface area contributed by atoms with Crippen LogP contribution in [0.5, 0.6) is 5.88 Å². The maximum atomic E-state index is 11.1. The molecule has 1 aromatic heterocycles. The van der Waals surface area contributed by atoms with Crippen LogP contribution in [0.15, 0.2) is 36.5 Å². The lowest BCUT2D eigenvalue weighted by atomic mass is 9.85. The number of fused-ring (bicyclic) bond motifs is 1. The van der Waals surface area contributed by atoms with Crippen molar-refractivity contribution < 1.29 is 14.6 Å². The molecule has 0 saturated carbocycles. The summed E-state index contributed by atoms with van der Waals surface area (Å²) >= 11 is 0. The van der Waals surface area contributed by atoms with Crippen molar-refractivity contribution >= 4 is 6.09 Å². The molecule has 1 atom stereocenters. The third kappa shape index (κ3) is 3.82. The maximum absolute atomic E-state index is 11.1. The van der Waals surface area contributed by atoms with Gasteiger partial charge in [0.15, 0.2) is 0 Å². The normalized spacial score (nSPS) is 17.8. The van der Waals surface area contributed by atoms with Crippen LogP contribution in [0.2, 0.25) is 0 Å². The van der Waals surface area contributed by atoms with Crippen LogP contribution < -0.4 is 10.1 Å². The molecule has 0 saturated heterocycles. The predicted octanol–water partition coefficient (Wildman–Crippen LogP) is 4.67. The molecule has 1 aromatic carbocycles. The molecule has 5 heteroatoms. The molecule has 3 rings (SSSR count). The predicted molar refractivity (Wildman–Crippen MR) is 101 cm³/mol. The summed E-state index contributed by atoms with van der Waals surface area (Å²) in [5, 5.41) is 11.8. The zero-order chi connectivity index (χ0) is 18.9. The molecule has 1 amide bonds. The molecule has 0 aliphatic heterocycles. The number of carbonyl (C=O) groups is 1. The van der Waals surface area contributed by atoms with E-state index in [2.05, 4.69) is 44.1 Å². The molecule has 1 aliphatic carbocycles. The van der Waals surface area contributed by atoms with Crippen LogP contribution in [-0.2, 0) is 6.42 Å². The minimum Gasteiger partial charge on any atom is -0.477 e. The lowest BCUT2D eigenvalue weighted by Crippen LogP contribution is -2.34. The van der Waals surface area contributed by atoms with Crippen LogP contribution in [0.1, 0.15) is 44.9 Å². The number of rotatable bonds is 5. The SMILES string of the molecule is CC(C)COc1ccc(-c2ccc3c(c2)CC(C)(C)C3NC(=O)O)cn1. The molecule has 2 N–H and O–H groups in total. The van der Waals surface area contributed by atoms with Gasteiger partial charge in [0.25, 0.3) is 0 Å². The Morgan fingerprint density at radius 1 is 1.31 bits per heavy atom. The Hall–Kier alpha value is -2.56. The molecule has 138 valence electrons. The summed E-state index contributed by atoms with van der Waals surface area (Å²) < 4.78 is 5.64. The van der Waals surface area contributed by atoms with Gasteiger partial charge >= 0.3 is 6.09 Å². The fraction of sp³-hybridized carbons (Fsp3) is 0.429. The molecule has 0 radical (unpaired) electrons. The highest BCUT2D eigenvalue weighted by atomic mass is 16.5. The molecule has 0 spiro atoms. The number of benzene rings is 1. The summed E-state index contributed by atoms with van der Waals surface area (Å²) in [6, 6.07) is 9.92. The first-order valence-electron chi connectivity index (χ1n) is 8.98. The molecule has 1 unspecified atom stereocenters. The van der Waals surface area contributed by atoms with Gasteiger partial charge in [0, 0.05) is 17.8 Å². The van der Waals surface area contributed by atoms with Crippen molar-refractivity contribution in [1.29, 1.82) is 0 Å². The highest BCUT2D eigenvalue weighted by Gasteiger charge is 2.39. The van der Waals surface area contributed by atoms with E-state index in [0.717, 1.165) is 23.1 Å². The molecular weight excluding hydrogens is 328 g/mol. The molecule has 5 nitrogen and oxygen atoms in total. The molecule has 1 aliphatic rings. The number of aromatic nitrogens is 1. The third-order valence-corrected chi connectivity index (χ3v) is 4.78. The first-order valence-corrected chi connectivity index (χ1v) is 8.98. The quantitative estimate of drug-likeness (QED) is 0.818. The fourth-order valence-corrected chi connectivity index (χ4v) is 3.52. The number of nitrogens with one attached hydrogen (secondary N) is 1. The monoisotopic (exact) mass is 354 g/mol. The van der Waals surface area contributed by atoms with Gasteiger partial charge in [0.2, 0.25) is 5.88 Å². The third-order valence-electron chi connectivity index (χ3n) is 4.78. The minimum atomic E-state index is -0.985. The number of ether oxygens (including phenoxy) is 1. The van der Waals surface area contributed by atoms with Crippen molar-refractivity contribution in [3.05, 3.63) is 47.7 Å². The first-order chi connectivity index (χ1) is 12.3. The number of hydrogen-bond acceptors (Lipinski definition) is 3. The Balaban J connectivity index is 1.83. The standard InChI is InChI=1S/C21H26N2O3/c1-13(2)12-26-18-8-6-15(11-22-18)14-5-7-17-16(9-14)10-21(3,4)19(17)23-20(24)25/h5-9,11,13,19,23H,10,12H2,1-4H3,(H,24,25). The van der Waals surface area contributed by atoms with Gasteiger partial charge in [-0.1, -0.05) is 45.9 Å². The Bertz CT molecular complexity index is 797. The van der Waals surface area contributed by atoms with E-state index in [4.69, 9.17) is 9.84 Å². The summed E-state index contributed by atoms with van der Waals surface area (Å²) in [6.45, 7) is 9.05. The molecule has 1 heterocycles. The largest absolute Gasteiger partial charge is 0.477 e. The summed E-state index contributed by atoms with van der Waals surface area (Å²) in [6.07, 6.45) is 1.68. The Morgan fingerprint density at radius 2 is 2.04 bits per heavy atom.